The molecule has 1 N–H and O–H groups in total. The quantitative estimate of drug-likeness (QED) is 0.636. The average molecular weight is 388 g/mol. The van der Waals surface area contributed by atoms with Crippen molar-refractivity contribution >= 4 is 17.5 Å². The lowest BCUT2D eigenvalue weighted by Crippen LogP contribution is -2.28. The smallest absolute Gasteiger partial charge is 0.227 e. The second-order valence-corrected chi connectivity index (χ2v) is 6.53. The molecule has 140 valence electrons. The molecule has 3 aromatic rings. The van der Waals surface area contributed by atoms with Gasteiger partial charge in [-0.25, -0.2) is 4.39 Å². The van der Waals surface area contributed by atoms with Crippen molar-refractivity contribution in [1.29, 1.82) is 0 Å². The highest BCUT2D eigenvalue weighted by atomic mass is 35.5. The number of nitrogens with zero attached hydrogens (tertiary/aromatic N) is 2. The second-order valence-electron chi connectivity index (χ2n) is 6.10. The van der Waals surface area contributed by atoms with Crippen molar-refractivity contribution in [3.8, 4) is 11.4 Å². The lowest BCUT2D eigenvalue weighted by Gasteiger charge is -2.17. The molecule has 0 aliphatic rings. The maximum atomic E-state index is 13.0. The Bertz CT molecular complexity index is 894. The molecular weight excluding hydrogens is 369 g/mol. The van der Waals surface area contributed by atoms with Crippen molar-refractivity contribution in [1.82, 2.24) is 15.5 Å². The van der Waals surface area contributed by atoms with Gasteiger partial charge in [0.15, 0.2) is 0 Å². The number of halogens is 2. The molecule has 27 heavy (non-hydrogen) atoms. The number of benzene rings is 2. The molecule has 1 heterocycles. The van der Waals surface area contributed by atoms with E-state index in [9.17, 15) is 9.18 Å². The normalized spacial score (nSPS) is 12.0. The van der Waals surface area contributed by atoms with Crippen LogP contribution in [0.25, 0.3) is 11.4 Å². The summed E-state index contributed by atoms with van der Waals surface area (Å²) in [5, 5.41) is 7.54. The first-order valence-electron chi connectivity index (χ1n) is 8.68. The zero-order valence-electron chi connectivity index (χ0n) is 14.8. The average Bonchev–Trinajstić information content (AvgIpc) is 3.15. The Morgan fingerprint density at radius 1 is 1.19 bits per heavy atom. The summed E-state index contributed by atoms with van der Waals surface area (Å²) >= 11 is 5.91. The molecule has 0 radical (unpaired) electrons. The topological polar surface area (TPSA) is 68.0 Å². The van der Waals surface area contributed by atoms with Gasteiger partial charge < -0.3 is 9.84 Å². The first-order chi connectivity index (χ1) is 13.0. The van der Waals surface area contributed by atoms with E-state index < -0.39 is 0 Å². The fraction of sp³-hybridized carbons (Fsp3) is 0.250. The highest BCUT2D eigenvalue weighted by molar-refractivity contribution is 6.30. The van der Waals surface area contributed by atoms with Crippen LogP contribution < -0.4 is 5.32 Å². The van der Waals surface area contributed by atoms with Crippen molar-refractivity contribution in [2.24, 2.45) is 0 Å². The van der Waals surface area contributed by atoms with Gasteiger partial charge in [0.2, 0.25) is 17.6 Å². The second kappa shape index (κ2) is 8.77. The van der Waals surface area contributed by atoms with Gasteiger partial charge in [0.1, 0.15) is 5.82 Å². The predicted octanol–water partition coefficient (Wildman–Crippen LogP) is 4.73. The van der Waals surface area contributed by atoms with Crippen LogP contribution >= 0.6 is 11.6 Å². The summed E-state index contributed by atoms with van der Waals surface area (Å²) in [4.78, 5) is 16.5. The Hall–Kier alpha value is -2.73. The molecule has 7 heteroatoms. The van der Waals surface area contributed by atoms with Crippen molar-refractivity contribution in [2.45, 2.75) is 32.2 Å². The van der Waals surface area contributed by atoms with Crippen LogP contribution in [0.4, 0.5) is 4.39 Å². The number of amides is 1. The molecule has 1 atom stereocenters. The molecule has 0 aliphatic carbocycles. The maximum absolute atomic E-state index is 13.0. The SMILES string of the molecule is CC[C@@H](NC(=O)CCc1nc(-c2ccc(F)cc2)no1)c1ccc(Cl)cc1. The summed E-state index contributed by atoms with van der Waals surface area (Å²) in [5.74, 6) is 0.311. The Morgan fingerprint density at radius 3 is 2.56 bits per heavy atom. The summed E-state index contributed by atoms with van der Waals surface area (Å²) in [5.41, 5.74) is 1.66. The van der Waals surface area contributed by atoms with Gasteiger partial charge in [-0.1, -0.05) is 35.8 Å². The minimum absolute atomic E-state index is 0.0766. The molecule has 5 nitrogen and oxygen atoms in total. The largest absolute Gasteiger partial charge is 0.349 e. The summed E-state index contributed by atoms with van der Waals surface area (Å²) in [7, 11) is 0. The zero-order chi connectivity index (χ0) is 19.2. The molecule has 1 amide bonds. The lowest BCUT2D eigenvalue weighted by atomic mass is 10.0. The molecule has 0 unspecified atom stereocenters. The molecule has 0 saturated heterocycles. The van der Waals surface area contributed by atoms with E-state index in [-0.39, 0.29) is 24.2 Å². The Labute approximate surface area is 161 Å². The van der Waals surface area contributed by atoms with E-state index >= 15 is 0 Å². The van der Waals surface area contributed by atoms with Crippen LogP contribution in [0, 0.1) is 5.82 Å². The third-order valence-electron chi connectivity index (χ3n) is 4.15. The monoisotopic (exact) mass is 387 g/mol. The summed E-state index contributed by atoms with van der Waals surface area (Å²) in [6, 6.07) is 13.2. The number of rotatable bonds is 7. The molecule has 0 spiro atoms. The Kier molecular flexibility index (Phi) is 6.19. The van der Waals surface area contributed by atoms with Crippen molar-refractivity contribution in [2.75, 3.05) is 0 Å². The minimum atomic E-state index is -0.328. The number of hydrogen-bond acceptors (Lipinski definition) is 4. The number of aromatic nitrogens is 2. The maximum Gasteiger partial charge on any atom is 0.227 e. The Balaban J connectivity index is 1.55. The molecule has 0 bridgehead atoms. The molecule has 0 saturated carbocycles. The molecule has 3 rings (SSSR count). The van der Waals surface area contributed by atoms with Gasteiger partial charge in [-0.05, 0) is 48.4 Å². The van der Waals surface area contributed by atoms with Gasteiger partial charge in [-0.3, -0.25) is 4.79 Å². The van der Waals surface area contributed by atoms with Crippen LogP contribution in [-0.2, 0) is 11.2 Å². The molecule has 0 fully saturated rings. The summed E-state index contributed by atoms with van der Waals surface area (Å²) in [6.45, 7) is 2.01. The van der Waals surface area contributed by atoms with Gasteiger partial charge in [0, 0.05) is 23.4 Å². The number of carbonyl (C=O) groups is 1. The van der Waals surface area contributed by atoms with E-state index in [0.29, 0.717) is 28.7 Å². The molecular formula is C20H19ClFN3O2. The molecule has 1 aromatic heterocycles. The van der Waals surface area contributed by atoms with Crippen LogP contribution in [0.2, 0.25) is 5.02 Å². The predicted molar refractivity (Wildman–Crippen MR) is 101 cm³/mol. The number of carbonyl (C=O) groups excluding carboxylic acids is 1. The van der Waals surface area contributed by atoms with Crippen molar-refractivity contribution < 1.29 is 13.7 Å². The van der Waals surface area contributed by atoms with E-state index in [0.717, 1.165) is 12.0 Å². The Morgan fingerprint density at radius 2 is 1.89 bits per heavy atom. The number of hydrogen-bond donors (Lipinski definition) is 1. The molecule has 0 aliphatic heterocycles. The third-order valence-corrected chi connectivity index (χ3v) is 4.40. The first kappa shape index (κ1) is 19.0. The lowest BCUT2D eigenvalue weighted by molar-refractivity contribution is -0.121. The fourth-order valence-electron chi connectivity index (χ4n) is 2.68. The van der Waals surface area contributed by atoms with E-state index in [4.69, 9.17) is 16.1 Å². The fourth-order valence-corrected chi connectivity index (χ4v) is 2.80. The van der Waals surface area contributed by atoms with E-state index in [1.807, 2.05) is 19.1 Å². The summed E-state index contributed by atoms with van der Waals surface area (Å²) < 4.78 is 18.2. The number of nitrogens with one attached hydrogen (secondary N) is 1. The van der Waals surface area contributed by atoms with Gasteiger partial charge in [-0.2, -0.15) is 4.98 Å². The summed E-state index contributed by atoms with van der Waals surface area (Å²) in [6.07, 6.45) is 1.33. The van der Waals surface area contributed by atoms with E-state index in [1.54, 1.807) is 24.3 Å². The van der Waals surface area contributed by atoms with Crippen LogP contribution in [0.5, 0.6) is 0 Å². The van der Waals surface area contributed by atoms with Crippen LogP contribution in [0.1, 0.15) is 37.3 Å². The first-order valence-corrected chi connectivity index (χ1v) is 9.06. The van der Waals surface area contributed by atoms with Crippen LogP contribution in [0.3, 0.4) is 0 Å². The number of aryl methyl sites for hydroxylation is 1. The van der Waals surface area contributed by atoms with Gasteiger partial charge in [0.05, 0.1) is 6.04 Å². The van der Waals surface area contributed by atoms with Gasteiger partial charge in [-0.15, -0.1) is 0 Å². The highest BCUT2D eigenvalue weighted by Crippen LogP contribution is 2.20. The van der Waals surface area contributed by atoms with Gasteiger partial charge >= 0.3 is 0 Å². The van der Waals surface area contributed by atoms with Crippen molar-refractivity contribution in [3.05, 3.63) is 70.8 Å². The van der Waals surface area contributed by atoms with Crippen LogP contribution in [-0.4, -0.2) is 16.0 Å². The standard InChI is InChI=1S/C20H19ClFN3O2/c1-2-17(13-3-7-15(21)8-4-13)23-18(26)11-12-19-24-20(25-27-19)14-5-9-16(22)10-6-14/h3-10,17H,2,11-12H2,1H3,(H,23,26)/t17-/m1/s1. The van der Waals surface area contributed by atoms with Crippen molar-refractivity contribution in [3.63, 3.8) is 0 Å². The minimum Gasteiger partial charge on any atom is -0.349 e. The molecule has 2 aromatic carbocycles. The van der Waals surface area contributed by atoms with Gasteiger partial charge in [0.25, 0.3) is 0 Å². The highest BCUT2D eigenvalue weighted by Gasteiger charge is 2.15. The zero-order valence-corrected chi connectivity index (χ0v) is 15.5. The van der Waals surface area contributed by atoms with Crippen LogP contribution in [0.15, 0.2) is 53.1 Å². The third kappa shape index (κ3) is 5.14. The van der Waals surface area contributed by atoms with E-state index in [1.165, 1.54) is 12.1 Å². The van der Waals surface area contributed by atoms with E-state index in [2.05, 4.69) is 15.5 Å².